The summed E-state index contributed by atoms with van der Waals surface area (Å²) in [6.07, 6.45) is 2.05. The maximum atomic E-state index is 11.9. The van der Waals surface area contributed by atoms with Gasteiger partial charge in [-0.15, -0.1) is 11.3 Å². The summed E-state index contributed by atoms with van der Waals surface area (Å²) >= 11 is 1.53. The molecule has 2 N–H and O–H groups in total. The molecule has 0 aromatic carbocycles. The van der Waals surface area contributed by atoms with E-state index in [0.29, 0.717) is 0 Å². The Morgan fingerprint density at radius 3 is 2.72 bits per heavy atom. The standard InChI is InChI=1S/C13H22N2O2S/c1-5-13(4,12-14-6-7-18-12)15-11(17)8-10(16)9(2)3/h6-7,9-10,16H,5,8H2,1-4H3,(H,15,17). The minimum atomic E-state index is -0.595. The van der Waals surface area contributed by atoms with E-state index >= 15 is 0 Å². The van der Waals surface area contributed by atoms with Gasteiger partial charge in [-0.1, -0.05) is 20.8 Å². The molecule has 0 saturated heterocycles. The smallest absolute Gasteiger partial charge is 0.223 e. The van der Waals surface area contributed by atoms with Crippen LogP contribution in [0.4, 0.5) is 0 Å². The van der Waals surface area contributed by atoms with Crippen molar-refractivity contribution in [3.63, 3.8) is 0 Å². The molecular formula is C13H22N2O2S. The Balaban J connectivity index is 2.66. The minimum absolute atomic E-state index is 0.0866. The number of nitrogens with zero attached hydrogens (tertiary/aromatic N) is 1. The number of rotatable bonds is 6. The molecule has 4 nitrogen and oxygen atoms in total. The molecule has 0 radical (unpaired) electrons. The van der Waals surface area contributed by atoms with E-state index in [0.717, 1.165) is 11.4 Å². The zero-order valence-corrected chi connectivity index (χ0v) is 12.3. The first-order valence-corrected chi connectivity index (χ1v) is 7.16. The fourth-order valence-corrected chi connectivity index (χ4v) is 2.40. The van der Waals surface area contributed by atoms with Gasteiger partial charge in [-0.2, -0.15) is 0 Å². The molecule has 0 saturated carbocycles. The number of nitrogens with one attached hydrogen (secondary N) is 1. The second kappa shape index (κ2) is 6.29. The summed E-state index contributed by atoms with van der Waals surface area (Å²) in [5, 5.41) is 15.5. The Labute approximate surface area is 112 Å². The van der Waals surface area contributed by atoms with Crippen LogP contribution in [0.15, 0.2) is 11.6 Å². The van der Waals surface area contributed by atoms with Crippen LogP contribution in [0.2, 0.25) is 0 Å². The maximum Gasteiger partial charge on any atom is 0.223 e. The summed E-state index contributed by atoms with van der Waals surface area (Å²) in [5.74, 6) is -0.0424. The third-order valence-corrected chi connectivity index (χ3v) is 4.23. The van der Waals surface area contributed by atoms with E-state index in [4.69, 9.17) is 0 Å². The number of carbonyl (C=O) groups excluding carboxylic acids is 1. The first kappa shape index (κ1) is 15.1. The molecule has 0 bridgehead atoms. The zero-order chi connectivity index (χ0) is 13.8. The van der Waals surface area contributed by atoms with Gasteiger partial charge in [-0.25, -0.2) is 4.98 Å². The van der Waals surface area contributed by atoms with Crippen LogP contribution in [0.25, 0.3) is 0 Å². The van der Waals surface area contributed by atoms with Crippen LogP contribution in [0.1, 0.15) is 45.5 Å². The highest BCUT2D eigenvalue weighted by Crippen LogP contribution is 2.26. The first-order valence-electron chi connectivity index (χ1n) is 6.28. The number of hydrogen-bond donors (Lipinski definition) is 2. The maximum absolute atomic E-state index is 11.9. The van der Waals surface area contributed by atoms with E-state index in [1.807, 2.05) is 33.1 Å². The molecule has 5 heteroatoms. The molecule has 2 atom stereocenters. The fraction of sp³-hybridized carbons (Fsp3) is 0.692. The number of hydrogen-bond acceptors (Lipinski definition) is 4. The van der Waals surface area contributed by atoms with Gasteiger partial charge in [-0.3, -0.25) is 4.79 Å². The van der Waals surface area contributed by atoms with Crippen molar-refractivity contribution >= 4 is 17.2 Å². The molecule has 1 rings (SSSR count). The van der Waals surface area contributed by atoms with Crippen molar-refractivity contribution in [1.82, 2.24) is 10.3 Å². The molecule has 0 fully saturated rings. The van der Waals surface area contributed by atoms with Crippen molar-refractivity contribution < 1.29 is 9.90 Å². The van der Waals surface area contributed by atoms with Gasteiger partial charge >= 0.3 is 0 Å². The van der Waals surface area contributed by atoms with Gasteiger partial charge in [0.1, 0.15) is 5.01 Å². The highest BCUT2D eigenvalue weighted by Gasteiger charge is 2.29. The van der Waals surface area contributed by atoms with Crippen molar-refractivity contribution in [1.29, 1.82) is 0 Å². The Morgan fingerprint density at radius 1 is 1.61 bits per heavy atom. The normalized spacial score (nSPS) is 16.3. The second-order valence-electron chi connectivity index (χ2n) is 5.09. The Hall–Kier alpha value is -0.940. The van der Waals surface area contributed by atoms with Crippen LogP contribution in [0.5, 0.6) is 0 Å². The van der Waals surface area contributed by atoms with E-state index < -0.39 is 11.6 Å². The van der Waals surface area contributed by atoms with E-state index in [1.165, 1.54) is 11.3 Å². The molecule has 102 valence electrons. The summed E-state index contributed by atoms with van der Waals surface area (Å²) in [7, 11) is 0. The minimum Gasteiger partial charge on any atom is -0.392 e. The zero-order valence-electron chi connectivity index (χ0n) is 11.4. The highest BCUT2D eigenvalue weighted by atomic mass is 32.1. The van der Waals surface area contributed by atoms with Gasteiger partial charge in [0.25, 0.3) is 0 Å². The number of amides is 1. The number of aromatic nitrogens is 1. The highest BCUT2D eigenvalue weighted by molar-refractivity contribution is 7.09. The van der Waals surface area contributed by atoms with Crippen LogP contribution in [-0.4, -0.2) is 22.1 Å². The van der Waals surface area contributed by atoms with Crippen molar-refractivity contribution in [2.75, 3.05) is 0 Å². The number of carbonyl (C=O) groups is 1. The molecule has 0 spiro atoms. The van der Waals surface area contributed by atoms with E-state index in [1.54, 1.807) is 6.20 Å². The Bertz CT molecular complexity index is 378. The largest absolute Gasteiger partial charge is 0.392 e. The molecule has 0 aliphatic heterocycles. The lowest BCUT2D eigenvalue weighted by atomic mass is 9.98. The molecule has 1 aromatic heterocycles. The van der Waals surface area contributed by atoms with Crippen LogP contribution in [0.3, 0.4) is 0 Å². The summed E-state index contributed by atoms with van der Waals surface area (Å²) < 4.78 is 0. The average molecular weight is 270 g/mol. The number of thiazole rings is 1. The Morgan fingerprint density at radius 2 is 2.28 bits per heavy atom. The molecule has 1 heterocycles. The summed E-state index contributed by atoms with van der Waals surface area (Å²) in [5.41, 5.74) is -0.443. The molecule has 1 aromatic rings. The van der Waals surface area contributed by atoms with Crippen LogP contribution < -0.4 is 5.32 Å². The van der Waals surface area contributed by atoms with Crippen molar-refractivity contribution in [2.45, 2.75) is 52.2 Å². The predicted molar refractivity (Wildman–Crippen MR) is 73.4 cm³/mol. The number of aliphatic hydroxyl groups excluding tert-OH is 1. The van der Waals surface area contributed by atoms with Gasteiger partial charge in [-0.05, 0) is 19.3 Å². The van der Waals surface area contributed by atoms with Gasteiger partial charge in [0.05, 0.1) is 18.1 Å². The third-order valence-electron chi connectivity index (χ3n) is 3.19. The van der Waals surface area contributed by atoms with Crippen LogP contribution in [0, 0.1) is 5.92 Å². The fourth-order valence-electron chi connectivity index (χ4n) is 1.57. The van der Waals surface area contributed by atoms with Gasteiger partial charge < -0.3 is 10.4 Å². The quantitative estimate of drug-likeness (QED) is 0.833. The first-order chi connectivity index (χ1) is 8.39. The summed E-state index contributed by atoms with van der Waals surface area (Å²) in [6.45, 7) is 7.78. The van der Waals surface area contributed by atoms with Gasteiger partial charge in [0.15, 0.2) is 0 Å². The number of aliphatic hydroxyl groups is 1. The van der Waals surface area contributed by atoms with E-state index in [2.05, 4.69) is 10.3 Å². The average Bonchev–Trinajstić information content (AvgIpc) is 2.82. The van der Waals surface area contributed by atoms with Crippen molar-refractivity contribution in [3.8, 4) is 0 Å². The lowest BCUT2D eigenvalue weighted by Crippen LogP contribution is -2.44. The summed E-state index contributed by atoms with van der Waals surface area (Å²) in [6, 6.07) is 0. The predicted octanol–water partition coefficient (Wildman–Crippen LogP) is 2.29. The lowest BCUT2D eigenvalue weighted by molar-refractivity contribution is -0.125. The van der Waals surface area contributed by atoms with Crippen molar-refractivity contribution in [2.24, 2.45) is 5.92 Å². The monoisotopic (exact) mass is 270 g/mol. The second-order valence-corrected chi connectivity index (χ2v) is 5.98. The third kappa shape index (κ3) is 3.78. The molecular weight excluding hydrogens is 248 g/mol. The lowest BCUT2D eigenvalue weighted by Gasteiger charge is -2.28. The summed E-state index contributed by atoms with van der Waals surface area (Å²) in [4.78, 5) is 16.2. The van der Waals surface area contributed by atoms with Crippen molar-refractivity contribution in [3.05, 3.63) is 16.6 Å². The molecule has 18 heavy (non-hydrogen) atoms. The Kier molecular flexibility index (Phi) is 5.28. The van der Waals surface area contributed by atoms with Crippen LogP contribution >= 0.6 is 11.3 Å². The van der Waals surface area contributed by atoms with Crippen LogP contribution in [-0.2, 0) is 10.3 Å². The van der Waals surface area contributed by atoms with E-state index in [-0.39, 0.29) is 18.2 Å². The van der Waals surface area contributed by atoms with Gasteiger partial charge in [0.2, 0.25) is 5.91 Å². The van der Waals surface area contributed by atoms with E-state index in [9.17, 15) is 9.90 Å². The molecule has 1 amide bonds. The molecule has 0 aliphatic carbocycles. The molecule has 0 aliphatic rings. The topological polar surface area (TPSA) is 62.2 Å². The SMILES string of the molecule is CCC(C)(NC(=O)CC(O)C(C)C)c1nccs1. The van der Waals surface area contributed by atoms with Gasteiger partial charge in [0, 0.05) is 11.6 Å². The molecule has 2 unspecified atom stereocenters.